The summed E-state index contributed by atoms with van der Waals surface area (Å²) in [6, 6.07) is 11.6. The van der Waals surface area contributed by atoms with Crippen LogP contribution in [0.4, 0.5) is 17.1 Å². The van der Waals surface area contributed by atoms with Crippen molar-refractivity contribution in [2.75, 3.05) is 42.9 Å². The van der Waals surface area contributed by atoms with Gasteiger partial charge < -0.3 is 10.2 Å². The molecule has 9 heteroatoms. The van der Waals surface area contributed by atoms with Crippen molar-refractivity contribution in [3.05, 3.63) is 62.6 Å². The van der Waals surface area contributed by atoms with E-state index in [1.165, 1.54) is 6.07 Å². The van der Waals surface area contributed by atoms with Crippen molar-refractivity contribution in [3.63, 3.8) is 0 Å². The normalized spacial score (nSPS) is 14.8. The summed E-state index contributed by atoms with van der Waals surface area (Å²) in [5.74, 6) is -0.108. The maximum absolute atomic E-state index is 12.2. The molecule has 0 saturated carbocycles. The van der Waals surface area contributed by atoms with Gasteiger partial charge in [-0.3, -0.25) is 19.8 Å². The van der Waals surface area contributed by atoms with E-state index in [1.807, 2.05) is 9.80 Å². The zero-order valence-electron chi connectivity index (χ0n) is 14.4. The van der Waals surface area contributed by atoms with Gasteiger partial charge in [0.15, 0.2) is 0 Å². The van der Waals surface area contributed by atoms with Gasteiger partial charge in [-0.15, -0.1) is 0 Å². The fourth-order valence-electron chi connectivity index (χ4n) is 2.99. The molecule has 1 heterocycles. The monoisotopic (exact) mass is 408 g/mol. The molecule has 7 nitrogen and oxygen atoms in total. The molecule has 0 radical (unpaired) electrons. The van der Waals surface area contributed by atoms with Crippen LogP contribution in [-0.4, -0.2) is 48.5 Å². The molecule has 2 aromatic rings. The van der Waals surface area contributed by atoms with Crippen LogP contribution < -0.4 is 10.2 Å². The van der Waals surface area contributed by atoms with E-state index in [9.17, 15) is 14.9 Å². The number of nitro groups is 1. The first-order valence-corrected chi connectivity index (χ1v) is 9.14. The summed E-state index contributed by atoms with van der Waals surface area (Å²) in [6.45, 7) is 2.72. The lowest BCUT2D eigenvalue weighted by Crippen LogP contribution is -2.48. The van der Waals surface area contributed by atoms with Crippen LogP contribution in [0.25, 0.3) is 0 Å². The Morgan fingerprint density at radius 1 is 1.04 bits per heavy atom. The molecular weight excluding hydrogens is 391 g/mol. The molecule has 0 aromatic heterocycles. The molecule has 0 aliphatic carbocycles. The fraction of sp³-hybridized carbons (Fsp3) is 0.278. The Balaban J connectivity index is 1.55. The van der Waals surface area contributed by atoms with Crippen LogP contribution in [-0.2, 0) is 4.79 Å². The highest BCUT2D eigenvalue weighted by atomic mass is 35.5. The Morgan fingerprint density at radius 3 is 2.30 bits per heavy atom. The van der Waals surface area contributed by atoms with Crippen LogP contribution in [0.1, 0.15) is 0 Å². The lowest BCUT2D eigenvalue weighted by molar-refractivity contribution is -0.384. The molecule has 1 N–H and O–H groups in total. The Bertz CT molecular complexity index is 837. The van der Waals surface area contributed by atoms with Crippen molar-refractivity contribution < 1.29 is 9.72 Å². The number of hydrogen-bond donors (Lipinski definition) is 1. The number of rotatable bonds is 5. The third-order valence-electron chi connectivity index (χ3n) is 4.34. The van der Waals surface area contributed by atoms with Gasteiger partial charge >= 0.3 is 0 Å². The van der Waals surface area contributed by atoms with E-state index in [4.69, 9.17) is 23.2 Å². The van der Waals surface area contributed by atoms with E-state index in [-0.39, 0.29) is 18.1 Å². The van der Waals surface area contributed by atoms with Crippen LogP contribution in [0.2, 0.25) is 10.0 Å². The zero-order valence-corrected chi connectivity index (χ0v) is 15.9. The average Bonchev–Trinajstić information content (AvgIpc) is 2.64. The first kappa shape index (κ1) is 19.4. The highest BCUT2D eigenvalue weighted by Gasteiger charge is 2.24. The zero-order chi connectivity index (χ0) is 19.4. The molecule has 1 aliphatic heterocycles. The summed E-state index contributed by atoms with van der Waals surface area (Å²) in [6.07, 6.45) is 0. The van der Waals surface area contributed by atoms with Gasteiger partial charge in [-0.2, -0.15) is 0 Å². The second-order valence-electron chi connectivity index (χ2n) is 6.21. The number of carbonyl (C=O) groups excluding carboxylic acids is 1. The molecule has 142 valence electrons. The third kappa shape index (κ3) is 5.09. The second kappa shape index (κ2) is 8.56. The quantitative estimate of drug-likeness (QED) is 0.602. The van der Waals surface area contributed by atoms with Crippen molar-refractivity contribution in [2.45, 2.75) is 0 Å². The Morgan fingerprint density at radius 2 is 1.67 bits per heavy atom. The molecule has 3 rings (SSSR count). The molecule has 1 fully saturated rings. The molecule has 1 amide bonds. The van der Waals surface area contributed by atoms with Crippen LogP contribution in [0, 0.1) is 10.1 Å². The minimum absolute atomic E-state index is 0.00330. The van der Waals surface area contributed by atoms with E-state index >= 15 is 0 Å². The number of anilines is 2. The van der Waals surface area contributed by atoms with Crippen molar-refractivity contribution in [1.82, 2.24) is 4.90 Å². The number of halogens is 2. The maximum atomic E-state index is 12.2. The van der Waals surface area contributed by atoms with Gasteiger partial charge in [0.05, 0.1) is 11.5 Å². The number of amides is 1. The van der Waals surface area contributed by atoms with Crippen LogP contribution >= 0.6 is 23.2 Å². The fourth-order valence-corrected chi connectivity index (χ4v) is 3.29. The average molecular weight is 409 g/mol. The number of carbonyl (C=O) groups is 1. The van der Waals surface area contributed by atoms with Gasteiger partial charge in [-0.1, -0.05) is 23.2 Å². The van der Waals surface area contributed by atoms with E-state index in [0.29, 0.717) is 47.6 Å². The maximum Gasteiger partial charge on any atom is 0.294 e. The molecule has 1 saturated heterocycles. The lowest BCUT2D eigenvalue weighted by Gasteiger charge is -2.35. The van der Waals surface area contributed by atoms with E-state index in [0.717, 1.165) is 0 Å². The number of piperazine rings is 1. The Labute approximate surface area is 166 Å². The third-order valence-corrected chi connectivity index (χ3v) is 4.83. The number of benzene rings is 2. The smallest absolute Gasteiger partial charge is 0.294 e. The number of hydrogen-bond acceptors (Lipinski definition) is 5. The van der Waals surface area contributed by atoms with Gasteiger partial charge in [0.2, 0.25) is 5.91 Å². The molecule has 0 atom stereocenters. The Kier molecular flexibility index (Phi) is 6.15. The summed E-state index contributed by atoms with van der Waals surface area (Å²) < 4.78 is 0. The standard InChI is InChI=1S/C18H18Cl2N4O3/c19-13-1-4-15(5-2-13)21-18(25)12-22-7-9-23(10-8-22)16-6-3-14(20)11-17(16)24(26)27/h1-6,11H,7-10,12H2,(H,21,25). The van der Waals surface area contributed by atoms with Crippen molar-refractivity contribution in [1.29, 1.82) is 0 Å². The number of nitrogens with zero attached hydrogens (tertiary/aromatic N) is 3. The molecular formula is C18H18Cl2N4O3. The van der Waals surface area contributed by atoms with Crippen LogP contribution in [0.3, 0.4) is 0 Å². The topological polar surface area (TPSA) is 78.7 Å². The van der Waals surface area contributed by atoms with Gasteiger partial charge in [0.1, 0.15) is 5.69 Å². The van der Waals surface area contributed by atoms with E-state index in [1.54, 1.807) is 36.4 Å². The summed E-state index contributed by atoms with van der Waals surface area (Å²) in [4.78, 5) is 27.0. The van der Waals surface area contributed by atoms with Gasteiger partial charge in [-0.05, 0) is 36.4 Å². The molecule has 0 unspecified atom stereocenters. The summed E-state index contributed by atoms with van der Waals surface area (Å²) in [5, 5.41) is 15.1. The van der Waals surface area contributed by atoms with Crippen molar-refractivity contribution >= 4 is 46.2 Å². The van der Waals surface area contributed by atoms with Gasteiger partial charge in [0, 0.05) is 48.0 Å². The SMILES string of the molecule is O=C(CN1CCN(c2ccc(Cl)cc2[N+](=O)[O-])CC1)Nc1ccc(Cl)cc1. The van der Waals surface area contributed by atoms with Crippen molar-refractivity contribution in [3.8, 4) is 0 Å². The largest absolute Gasteiger partial charge is 0.363 e. The first-order chi connectivity index (χ1) is 12.9. The molecule has 27 heavy (non-hydrogen) atoms. The predicted molar refractivity (Wildman–Crippen MR) is 107 cm³/mol. The molecule has 1 aliphatic rings. The lowest BCUT2D eigenvalue weighted by atomic mass is 10.2. The van der Waals surface area contributed by atoms with Crippen LogP contribution in [0.15, 0.2) is 42.5 Å². The summed E-state index contributed by atoms with van der Waals surface area (Å²) in [7, 11) is 0. The highest BCUT2D eigenvalue weighted by Crippen LogP contribution is 2.31. The molecule has 0 spiro atoms. The minimum Gasteiger partial charge on any atom is -0.363 e. The summed E-state index contributed by atoms with van der Waals surface area (Å²) in [5.41, 5.74) is 1.24. The Hall–Kier alpha value is -2.35. The second-order valence-corrected chi connectivity index (χ2v) is 7.08. The number of nitro benzene ring substituents is 1. The van der Waals surface area contributed by atoms with Gasteiger partial charge in [-0.25, -0.2) is 0 Å². The highest BCUT2D eigenvalue weighted by molar-refractivity contribution is 6.31. The summed E-state index contributed by atoms with van der Waals surface area (Å²) >= 11 is 11.7. The predicted octanol–water partition coefficient (Wildman–Crippen LogP) is 3.66. The van der Waals surface area contributed by atoms with E-state index < -0.39 is 4.92 Å². The number of nitrogens with one attached hydrogen (secondary N) is 1. The van der Waals surface area contributed by atoms with Gasteiger partial charge in [0.25, 0.3) is 5.69 Å². The molecule has 2 aromatic carbocycles. The minimum atomic E-state index is -0.423. The van der Waals surface area contributed by atoms with E-state index in [2.05, 4.69) is 5.32 Å². The van der Waals surface area contributed by atoms with Crippen molar-refractivity contribution in [2.24, 2.45) is 0 Å². The van der Waals surface area contributed by atoms with Crippen LogP contribution in [0.5, 0.6) is 0 Å². The first-order valence-electron chi connectivity index (χ1n) is 8.39. The molecule has 0 bridgehead atoms.